The van der Waals surface area contributed by atoms with E-state index in [1.807, 2.05) is 12.1 Å². The number of hydrogen-bond donors (Lipinski definition) is 3. The molecule has 0 radical (unpaired) electrons. The van der Waals surface area contributed by atoms with Crippen molar-refractivity contribution in [3.8, 4) is 0 Å². The van der Waals surface area contributed by atoms with Crippen molar-refractivity contribution in [2.24, 2.45) is 5.14 Å². The van der Waals surface area contributed by atoms with Crippen LogP contribution in [0.1, 0.15) is 6.42 Å². The second-order valence-corrected chi connectivity index (χ2v) is 8.88. The van der Waals surface area contributed by atoms with E-state index in [0.29, 0.717) is 5.69 Å². The molecule has 1 aliphatic heterocycles. The van der Waals surface area contributed by atoms with Crippen LogP contribution in [-0.4, -0.2) is 38.1 Å². The normalized spacial score (nSPS) is 15.8. The van der Waals surface area contributed by atoms with Crippen molar-refractivity contribution < 1.29 is 27.5 Å². The largest absolute Gasteiger partial charge is 0.456 e. The maximum absolute atomic E-state index is 12.1. The molecule has 0 unspecified atom stereocenters. The lowest BCUT2D eigenvalue weighted by Gasteiger charge is -2.23. The molecule has 0 aromatic heterocycles. The van der Waals surface area contributed by atoms with Crippen LogP contribution in [0, 0.1) is 0 Å². The molecule has 1 atom stereocenters. The molecule has 4 N–H and O–H groups in total. The molecule has 0 fully saturated rings. The highest BCUT2D eigenvalue weighted by Gasteiger charge is 2.29. The van der Waals surface area contributed by atoms with Crippen molar-refractivity contribution in [1.29, 1.82) is 0 Å². The molecular weight excluding hydrogens is 418 g/mol. The number of carbonyl (C=O) groups excluding carboxylic acids is 3. The summed E-state index contributed by atoms with van der Waals surface area (Å²) < 4.78 is 27.6. The van der Waals surface area contributed by atoms with E-state index in [1.165, 1.54) is 36.0 Å². The third kappa shape index (κ3) is 5.56. The number of rotatable bonds is 6. The fourth-order valence-electron chi connectivity index (χ4n) is 2.53. The fourth-order valence-corrected chi connectivity index (χ4v) is 4.19. The summed E-state index contributed by atoms with van der Waals surface area (Å²) >= 11 is 1.25. The first kappa shape index (κ1) is 20.8. The summed E-state index contributed by atoms with van der Waals surface area (Å²) in [5.74, 6) is -1.67. The van der Waals surface area contributed by atoms with Crippen molar-refractivity contribution in [1.82, 2.24) is 0 Å². The van der Waals surface area contributed by atoms with E-state index in [9.17, 15) is 22.8 Å². The highest BCUT2D eigenvalue weighted by molar-refractivity contribution is 8.01. The number of ether oxygens (including phenoxy) is 1. The number of esters is 1. The monoisotopic (exact) mass is 435 g/mol. The number of nitrogens with one attached hydrogen (secondary N) is 2. The lowest BCUT2D eigenvalue weighted by molar-refractivity contribution is -0.147. The molecule has 2 amide bonds. The van der Waals surface area contributed by atoms with Gasteiger partial charge in [0.15, 0.2) is 6.61 Å². The molecule has 0 saturated heterocycles. The van der Waals surface area contributed by atoms with Crippen LogP contribution in [0.4, 0.5) is 11.4 Å². The van der Waals surface area contributed by atoms with Crippen LogP contribution >= 0.6 is 11.8 Å². The summed E-state index contributed by atoms with van der Waals surface area (Å²) in [6.07, 6.45) is -0.195. The van der Waals surface area contributed by atoms with Gasteiger partial charge in [0, 0.05) is 10.6 Å². The molecule has 0 spiro atoms. The first-order valence-electron chi connectivity index (χ1n) is 8.37. The molecule has 0 aliphatic carbocycles. The quantitative estimate of drug-likeness (QED) is 0.580. The van der Waals surface area contributed by atoms with Gasteiger partial charge in [-0.2, -0.15) is 0 Å². The zero-order valence-electron chi connectivity index (χ0n) is 15.0. The lowest BCUT2D eigenvalue weighted by atomic mass is 10.2. The Morgan fingerprint density at radius 1 is 1.17 bits per heavy atom. The predicted octanol–water partition coefficient (Wildman–Crippen LogP) is 1.32. The number of carbonyl (C=O) groups is 3. The second kappa shape index (κ2) is 8.64. The minimum absolute atomic E-state index is 0.159. The molecule has 152 valence electrons. The molecular formula is C18H17N3O6S2. The van der Waals surface area contributed by atoms with Crippen LogP contribution in [0.3, 0.4) is 0 Å². The van der Waals surface area contributed by atoms with Crippen molar-refractivity contribution in [3.05, 3.63) is 48.5 Å². The Kier molecular flexibility index (Phi) is 6.20. The van der Waals surface area contributed by atoms with Crippen LogP contribution < -0.4 is 15.8 Å². The van der Waals surface area contributed by atoms with Gasteiger partial charge in [-0.15, -0.1) is 11.8 Å². The van der Waals surface area contributed by atoms with Crippen LogP contribution in [0.15, 0.2) is 58.3 Å². The molecule has 2 aromatic rings. The number of hydrogen-bond acceptors (Lipinski definition) is 7. The molecule has 3 rings (SSSR count). The van der Waals surface area contributed by atoms with Gasteiger partial charge in [0.1, 0.15) is 0 Å². The average molecular weight is 435 g/mol. The van der Waals surface area contributed by atoms with Gasteiger partial charge >= 0.3 is 5.97 Å². The van der Waals surface area contributed by atoms with Crippen molar-refractivity contribution >= 4 is 50.9 Å². The molecule has 29 heavy (non-hydrogen) atoms. The molecule has 0 saturated carbocycles. The van der Waals surface area contributed by atoms with E-state index in [2.05, 4.69) is 10.6 Å². The maximum Gasteiger partial charge on any atom is 0.307 e. The zero-order valence-corrected chi connectivity index (χ0v) is 16.6. The van der Waals surface area contributed by atoms with E-state index < -0.39 is 33.8 Å². The highest BCUT2D eigenvalue weighted by Crippen LogP contribution is 2.36. The summed E-state index contributed by atoms with van der Waals surface area (Å²) in [5, 5.41) is 9.52. The Bertz CT molecular complexity index is 1070. The number of fused-ring (bicyclic) bond motifs is 1. The Morgan fingerprint density at radius 3 is 2.69 bits per heavy atom. The van der Waals surface area contributed by atoms with E-state index in [-0.39, 0.29) is 22.9 Å². The summed E-state index contributed by atoms with van der Waals surface area (Å²) in [6.45, 7) is -0.575. The fraction of sp³-hybridized carbons (Fsp3) is 0.167. The van der Waals surface area contributed by atoms with E-state index in [1.54, 1.807) is 12.1 Å². The molecule has 0 bridgehead atoms. The van der Waals surface area contributed by atoms with Gasteiger partial charge in [-0.3, -0.25) is 14.4 Å². The van der Waals surface area contributed by atoms with E-state index in [4.69, 9.17) is 9.88 Å². The van der Waals surface area contributed by atoms with Gasteiger partial charge in [0.2, 0.25) is 15.9 Å². The SMILES string of the molecule is NS(=O)(=O)c1cccc(NC(=O)COC(=O)C[C@@H]2Sc3ccccc3NC2=O)c1. The Balaban J connectivity index is 1.51. The first-order valence-corrected chi connectivity index (χ1v) is 10.8. The molecule has 1 aliphatic rings. The third-order valence-electron chi connectivity index (χ3n) is 3.87. The van der Waals surface area contributed by atoms with Gasteiger partial charge in [-0.25, -0.2) is 13.6 Å². The van der Waals surface area contributed by atoms with Crippen molar-refractivity contribution in [2.45, 2.75) is 21.5 Å². The topological polar surface area (TPSA) is 145 Å². The molecule has 1 heterocycles. The van der Waals surface area contributed by atoms with Crippen molar-refractivity contribution in [3.63, 3.8) is 0 Å². The second-order valence-electron chi connectivity index (χ2n) is 6.08. The van der Waals surface area contributed by atoms with Crippen LogP contribution in [0.2, 0.25) is 0 Å². The van der Waals surface area contributed by atoms with E-state index >= 15 is 0 Å². The summed E-state index contributed by atoms with van der Waals surface area (Å²) in [5.41, 5.74) is 0.879. The maximum atomic E-state index is 12.1. The molecule has 9 nitrogen and oxygen atoms in total. The Labute approximate surface area is 171 Å². The standard InChI is InChI=1S/C18H17N3O6S2/c19-29(25,26)12-5-3-4-11(8-12)20-16(22)10-27-17(23)9-15-18(24)21-13-6-1-2-7-14(13)28-15/h1-8,15H,9-10H2,(H,20,22)(H,21,24)(H2,19,25,26)/t15-/m0/s1. The van der Waals surface area contributed by atoms with Crippen molar-refractivity contribution in [2.75, 3.05) is 17.2 Å². The predicted molar refractivity (Wildman–Crippen MR) is 107 cm³/mol. The number of amides is 2. The van der Waals surface area contributed by atoms with Gasteiger partial charge < -0.3 is 15.4 Å². The minimum Gasteiger partial charge on any atom is -0.456 e. The number of benzene rings is 2. The van der Waals surface area contributed by atoms with Gasteiger partial charge in [-0.05, 0) is 30.3 Å². The number of nitrogens with two attached hydrogens (primary N) is 1. The van der Waals surface area contributed by atoms with Gasteiger partial charge in [0.05, 0.1) is 22.3 Å². The summed E-state index contributed by atoms with van der Waals surface area (Å²) in [6, 6.07) is 12.6. The molecule has 11 heteroatoms. The number of thioether (sulfide) groups is 1. The average Bonchev–Trinajstić information content (AvgIpc) is 2.66. The number of primary sulfonamides is 1. The summed E-state index contributed by atoms with van der Waals surface area (Å²) in [7, 11) is -3.91. The number of sulfonamides is 1. The zero-order chi connectivity index (χ0) is 21.0. The van der Waals surface area contributed by atoms with Crippen LogP contribution in [0.25, 0.3) is 0 Å². The van der Waals surface area contributed by atoms with E-state index in [0.717, 1.165) is 4.90 Å². The highest BCUT2D eigenvalue weighted by atomic mass is 32.2. The van der Waals surface area contributed by atoms with Gasteiger partial charge in [-0.1, -0.05) is 18.2 Å². The Hall–Kier alpha value is -2.89. The number of anilines is 2. The third-order valence-corrected chi connectivity index (χ3v) is 6.06. The minimum atomic E-state index is -3.91. The van der Waals surface area contributed by atoms with Crippen LogP contribution in [0.5, 0.6) is 0 Å². The van der Waals surface area contributed by atoms with Gasteiger partial charge in [0.25, 0.3) is 5.91 Å². The lowest BCUT2D eigenvalue weighted by Crippen LogP contribution is -2.32. The first-order chi connectivity index (χ1) is 13.7. The molecule has 2 aromatic carbocycles. The van der Waals surface area contributed by atoms with Crippen LogP contribution in [-0.2, 0) is 29.1 Å². The summed E-state index contributed by atoms with van der Waals surface area (Å²) in [4.78, 5) is 36.8. The smallest absolute Gasteiger partial charge is 0.307 e. The number of para-hydroxylation sites is 1. The Morgan fingerprint density at radius 2 is 1.93 bits per heavy atom.